The lowest BCUT2D eigenvalue weighted by molar-refractivity contribution is 0.0154. The fraction of sp³-hybridized carbons (Fsp3) is 0.750. The van der Waals surface area contributed by atoms with Gasteiger partial charge in [0.15, 0.2) is 0 Å². The van der Waals surface area contributed by atoms with Gasteiger partial charge in [0.25, 0.3) is 0 Å². The van der Waals surface area contributed by atoms with Gasteiger partial charge in [0.1, 0.15) is 0 Å². The maximum atomic E-state index is 5.68. The summed E-state index contributed by atoms with van der Waals surface area (Å²) >= 11 is 0. The van der Waals surface area contributed by atoms with E-state index in [9.17, 15) is 0 Å². The SMILES string of the molecule is CC(Cn1ccnc1)NCC1CCCCO1. The minimum absolute atomic E-state index is 0.416. The third kappa shape index (κ3) is 3.61. The number of rotatable bonds is 5. The average molecular weight is 223 g/mol. The summed E-state index contributed by atoms with van der Waals surface area (Å²) in [6, 6.07) is 0.458. The summed E-state index contributed by atoms with van der Waals surface area (Å²) in [5.41, 5.74) is 0. The Labute approximate surface area is 97.0 Å². The fourth-order valence-corrected chi connectivity index (χ4v) is 2.08. The molecule has 90 valence electrons. The number of imidazole rings is 1. The standard InChI is InChI=1S/C12H21N3O/c1-11(9-15-6-5-13-10-15)14-8-12-4-2-3-7-16-12/h5-6,10-12,14H,2-4,7-9H2,1H3. The Bertz CT molecular complexity index is 280. The van der Waals surface area contributed by atoms with Crippen LogP contribution < -0.4 is 5.32 Å². The summed E-state index contributed by atoms with van der Waals surface area (Å²) in [7, 11) is 0. The lowest BCUT2D eigenvalue weighted by Crippen LogP contribution is -2.38. The van der Waals surface area contributed by atoms with Crippen molar-refractivity contribution in [2.24, 2.45) is 0 Å². The molecule has 1 N–H and O–H groups in total. The molecule has 4 nitrogen and oxygen atoms in total. The van der Waals surface area contributed by atoms with Gasteiger partial charge in [-0.3, -0.25) is 0 Å². The molecule has 4 heteroatoms. The molecule has 16 heavy (non-hydrogen) atoms. The zero-order chi connectivity index (χ0) is 11.2. The van der Waals surface area contributed by atoms with Gasteiger partial charge in [0.2, 0.25) is 0 Å². The Hall–Kier alpha value is -0.870. The lowest BCUT2D eigenvalue weighted by Gasteiger charge is -2.24. The Morgan fingerprint density at radius 2 is 2.50 bits per heavy atom. The number of nitrogens with zero attached hydrogens (tertiary/aromatic N) is 2. The highest BCUT2D eigenvalue weighted by atomic mass is 16.5. The van der Waals surface area contributed by atoms with Crippen molar-refractivity contribution in [3.63, 3.8) is 0 Å². The minimum atomic E-state index is 0.416. The molecule has 0 radical (unpaired) electrons. The molecule has 1 aromatic rings. The van der Waals surface area contributed by atoms with Crippen LogP contribution in [0.3, 0.4) is 0 Å². The van der Waals surface area contributed by atoms with Crippen molar-refractivity contribution in [2.45, 2.75) is 44.9 Å². The highest BCUT2D eigenvalue weighted by molar-refractivity contribution is 4.77. The molecule has 2 atom stereocenters. The van der Waals surface area contributed by atoms with Crippen LogP contribution in [0.1, 0.15) is 26.2 Å². The minimum Gasteiger partial charge on any atom is -0.377 e. The monoisotopic (exact) mass is 223 g/mol. The molecule has 0 spiro atoms. The first kappa shape index (κ1) is 11.6. The first-order valence-corrected chi connectivity index (χ1v) is 6.15. The molecule has 2 heterocycles. The lowest BCUT2D eigenvalue weighted by atomic mass is 10.1. The first-order valence-electron chi connectivity index (χ1n) is 6.15. The van der Waals surface area contributed by atoms with E-state index in [1.54, 1.807) is 0 Å². The van der Waals surface area contributed by atoms with E-state index in [-0.39, 0.29) is 0 Å². The number of hydrogen-bond donors (Lipinski definition) is 1. The fourth-order valence-electron chi connectivity index (χ4n) is 2.08. The third-order valence-electron chi connectivity index (χ3n) is 3.01. The van der Waals surface area contributed by atoms with Gasteiger partial charge in [0, 0.05) is 38.1 Å². The quantitative estimate of drug-likeness (QED) is 0.820. The molecule has 0 aliphatic carbocycles. The van der Waals surface area contributed by atoms with E-state index in [4.69, 9.17) is 4.74 Å². The van der Waals surface area contributed by atoms with Crippen molar-refractivity contribution in [1.82, 2.24) is 14.9 Å². The van der Waals surface area contributed by atoms with E-state index in [0.29, 0.717) is 12.1 Å². The highest BCUT2D eigenvalue weighted by Gasteiger charge is 2.14. The van der Waals surface area contributed by atoms with Crippen LogP contribution in [0.2, 0.25) is 0 Å². The summed E-state index contributed by atoms with van der Waals surface area (Å²) < 4.78 is 7.78. The zero-order valence-electron chi connectivity index (χ0n) is 9.93. The predicted molar refractivity (Wildman–Crippen MR) is 63.3 cm³/mol. The van der Waals surface area contributed by atoms with Crippen LogP contribution in [-0.2, 0) is 11.3 Å². The van der Waals surface area contributed by atoms with Gasteiger partial charge in [-0.25, -0.2) is 4.98 Å². The Morgan fingerprint density at radius 3 is 3.19 bits per heavy atom. The number of hydrogen-bond acceptors (Lipinski definition) is 3. The van der Waals surface area contributed by atoms with Crippen LogP contribution in [0.5, 0.6) is 0 Å². The molecular formula is C12H21N3O. The summed E-state index contributed by atoms with van der Waals surface area (Å²) in [4.78, 5) is 4.04. The second-order valence-electron chi connectivity index (χ2n) is 4.56. The largest absolute Gasteiger partial charge is 0.377 e. The van der Waals surface area contributed by atoms with Crippen molar-refractivity contribution in [3.8, 4) is 0 Å². The molecule has 2 rings (SSSR count). The van der Waals surface area contributed by atoms with E-state index in [1.807, 2.05) is 18.7 Å². The van der Waals surface area contributed by atoms with Gasteiger partial charge in [0.05, 0.1) is 12.4 Å². The summed E-state index contributed by atoms with van der Waals surface area (Å²) in [5, 5.41) is 3.52. The van der Waals surface area contributed by atoms with Crippen LogP contribution in [-0.4, -0.2) is 34.8 Å². The van der Waals surface area contributed by atoms with Gasteiger partial charge < -0.3 is 14.6 Å². The summed E-state index contributed by atoms with van der Waals surface area (Å²) in [5.74, 6) is 0. The molecule has 1 aliphatic heterocycles. The second-order valence-corrected chi connectivity index (χ2v) is 4.56. The number of ether oxygens (including phenoxy) is 1. The second kappa shape index (κ2) is 6.01. The Kier molecular flexibility index (Phi) is 4.36. The van der Waals surface area contributed by atoms with Gasteiger partial charge in [-0.15, -0.1) is 0 Å². The van der Waals surface area contributed by atoms with Gasteiger partial charge in [-0.2, -0.15) is 0 Å². The molecule has 0 bridgehead atoms. The molecule has 2 unspecified atom stereocenters. The van der Waals surface area contributed by atoms with E-state index in [1.165, 1.54) is 19.3 Å². The average Bonchev–Trinajstić information content (AvgIpc) is 2.81. The van der Waals surface area contributed by atoms with E-state index >= 15 is 0 Å². The van der Waals surface area contributed by atoms with Crippen molar-refractivity contribution in [3.05, 3.63) is 18.7 Å². The third-order valence-corrected chi connectivity index (χ3v) is 3.01. The number of aromatic nitrogens is 2. The van der Waals surface area contributed by atoms with Crippen LogP contribution in [0, 0.1) is 0 Å². The van der Waals surface area contributed by atoms with E-state index in [0.717, 1.165) is 19.7 Å². The van der Waals surface area contributed by atoms with Gasteiger partial charge >= 0.3 is 0 Å². The predicted octanol–water partition coefficient (Wildman–Crippen LogP) is 1.43. The highest BCUT2D eigenvalue weighted by Crippen LogP contribution is 2.11. The number of nitrogens with one attached hydrogen (secondary N) is 1. The normalized spacial score (nSPS) is 23.2. The molecule has 1 aromatic heterocycles. The van der Waals surface area contributed by atoms with E-state index < -0.39 is 0 Å². The van der Waals surface area contributed by atoms with Crippen LogP contribution in [0.15, 0.2) is 18.7 Å². The van der Waals surface area contributed by atoms with Gasteiger partial charge in [-0.1, -0.05) is 0 Å². The summed E-state index contributed by atoms with van der Waals surface area (Å²) in [6.07, 6.45) is 9.81. The maximum absolute atomic E-state index is 5.68. The van der Waals surface area contributed by atoms with Crippen molar-refractivity contribution < 1.29 is 4.74 Å². The van der Waals surface area contributed by atoms with Crippen molar-refractivity contribution in [2.75, 3.05) is 13.2 Å². The molecule has 0 amide bonds. The summed E-state index contributed by atoms with van der Waals surface area (Å²) in [6.45, 7) is 5.06. The van der Waals surface area contributed by atoms with Crippen LogP contribution in [0.25, 0.3) is 0 Å². The molecule has 1 aliphatic rings. The van der Waals surface area contributed by atoms with Crippen molar-refractivity contribution in [1.29, 1.82) is 0 Å². The molecule has 0 aromatic carbocycles. The van der Waals surface area contributed by atoms with E-state index in [2.05, 4.69) is 21.8 Å². The van der Waals surface area contributed by atoms with Gasteiger partial charge in [-0.05, 0) is 26.2 Å². The Balaban J connectivity index is 1.65. The maximum Gasteiger partial charge on any atom is 0.0946 e. The first-order chi connectivity index (χ1) is 7.84. The Morgan fingerprint density at radius 1 is 1.56 bits per heavy atom. The molecule has 1 fully saturated rings. The van der Waals surface area contributed by atoms with Crippen molar-refractivity contribution >= 4 is 0 Å². The molecular weight excluding hydrogens is 202 g/mol. The molecule has 0 saturated carbocycles. The molecule has 1 saturated heterocycles. The zero-order valence-corrected chi connectivity index (χ0v) is 9.93. The topological polar surface area (TPSA) is 39.1 Å². The van der Waals surface area contributed by atoms with Crippen LogP contribution >= 0.6 is 0 Å². The van der Waals surface area contributed by atoms with Crippen LogP contribution in [0.4, 0.5) is 0 Å². The smallest absolute Gasteiger partial charge is 0.0946 e.